The summed E-state index contributed by atoms with van der Waals surface area (Å²) in [5, 5.41) is 15.8. The third-order valence-electron chi connectivity index (χ3n) is 9.42. The second kappa shape index (κ2) is 13.7. The summed E-state index contributed by atoms with van der Waals surface area (Å²) in [7, 11) is 0. The molecule has 4 nitrogen and oxygen atoms in total. The lowest BCUT2D eigenvalue weighted by Gasteiger charge is -2.36. The van der Waals surface area contributed by atoms with Crippen molar-refractivity contribution in [3.05, 3.63) is 190 Å². The Balaban J connectivity index is 1.40. The summed E-state index contributed by atoms with van der Waals surface area (Å²) in [6, 6.07) is 52.8. The molecular weight excluding hydrogens is 585 g/mol. The van der Waals surface area contributed by atoms with Crippen molar-refractivity contribution in [2.75, 3.05) is 21.3 Å². The number of benzene rings is 6. The number of hydrogen-bond donors (Lipinski definition) is 4. The van der Waals surface area contributed by atoms with Crippen molar-refractivity contribution in [2.24, 2.45) is 0 Å². The van der Waals surface area contributed by atoms with Gasteiger partial charge in [0.15, 0.2) is 0 Å². The molecule has 0 aromatic heterocycles. The lowest BCUT2D eigenvalue weighted by molar-refractivity contribution is 0.618. The summed E-state index contributed by atoms with van der Waals surface area (Å²) in [5.74, 6) is 0. The quantitative estimate of drug-likeness (QED) is 0.135. The number of rotatable bonds is 8. The van der Waals surface area contributed by atoms with E-state index < -0.39 is 0 Å². The maximum absolute atomic E-state index is 3.95. The van der Waals surface area contributed by atoms with Crippen molar-refractivity contribution in [1.29, 1.82) is 0 Å². The predicted octanol–water partition coefficient (Wildman–Crippen LogP) is 11.2. The van der Waals surface area contributed by atoms with Gasteiger partial charge in [-0.1, -0.05) is 119 Å². The Morgan fingerprint density at radius 2 is 0.500 bits per heavy atom. The number of fused-ring (bicyclic) bond motifs is 4. The summed E-state index contributed by atoms with van der Waals surface area (Å²) in [5.41, 5.74) is 14.2. The van der Waals surface area contributed by atoms with Crippen LogP contribution in [-0.4, -0.2) is 0 Å². The van der Waals surface area contributed by atoms with Gasteiger partial charge in [-0.05, 0) is 98.5 Å². The van der Waals surface area contributed by atoms with E-state index in [1.54, 1.807) is 0 Å². The van der Waals surface area contributed by atoms with Crippen molar-refractivity contribution in [2.45, 2.75) is 51.9 Å². The zero-order valence-corrected chi connectivity index (χ0v) is 28.2. The van der Waals surface area contributed by atoms with Crippen molar-refractivity contribution in [1.82, 2.24) is 0 Å². The van der Waals surface area contributed by atoms with Gasteiger partial charge in [0.2, 0.25) is 0 Å². The average Bonchev–Trinajstić information content (AvgIpc) is 3.11. The first-order chi connectivity index (χ1) is 23.4. The van der Waals surface area contributed by atoms with Gasteiger partial charge < -0.3 is 21.3 Å². The Labute approximate surface area is 285 Å². The van der Waals surface area contributed by atoms with E-state index >= 15 is 0 Å². The highest BCUT2D eigenvalue weighted by Gasteiger charge is 2.32. The van der Waals surface area contributed by atoms with Gasteiger partial charge in [0.1, 0.15) is 0 Å². The lowest BCUT2D eigenvalue weighted by atomic mass is 9.84. The number of nitrogens with one attached hydrogen (secondary N) is 4. The van der Waals surface area contributed by atoms with E-state index in [2.05, 4.69) is 195 Å². The minimum absolute atomic E-state index is 0.0640. The van der Waals surface area contributed by atoms with Gasteiger partial charge in [-0.3, -0.25) is 0 Å². The molecule has 4 N–H and O–H groups in total. The molecular formula is C44H44N4. The molecule has 240 valence electrons. The Morgan fingerprint density at radius 1 is 0.292 bits per heavy atom. The maximum Gasteiger partial charge on any atom is 0.0757 e. The topological polar surface area (TPSA) is 48.1 Å². The molecule has 4 bridgehead atoms. The first-order valence-electron chi connectivity index (χ1n) is 16.9. The van der Waals surface area contributed by atoms with Crippen LogP contribution < -0.4 is 21.3 Å². The molecule has 6 aromatic rings. The highest BCUT2D eigenvalue weighted by Crippen LogP contribution is 2.42. The van der Waals surface area contributed by atoms with Crippen LogP contribution >= 0.6 is 0 Å². The molecule has 0 aliphatic heterocycles. The van der Waals surface area contributed by atoms with Crippen molar-refractivity contribution in [3.8, 4) is 0 Å². The molecule has 0 fully saturated rings. The minimum Gasteiger partial charge on any atom is -0.376 e. The number of hydrogen-bond acceptors (Lipinski definition) is 4. The van der Waals surface area contributed by atoms with Crippen molar-refractivity contribution >= 4 is 22.7 Å². The maximum atomic E-state index is 3.95. The first kappa shape index (κ1) is 31.1. The van der Waals surface area contributed by atoms with E-state index in [0.29, 0.717) is 0 Å². The average molecular weight is 629 g/mol. The van der Waals surface area contributed by atoms with E-state index in [4.69, 9.17) is 0 Å². The van der Waals surface area contributed by atoms with Gasteiger partial charge in [0.05, 0.1) is 24.2 Å². The van der Waals surface area contributed by atoms with Crippen LogP contribution in [0, 0.1) is 27.7 Å². The van der Waals surface area contributed by atoms with Crippen LogP contribution in [0.25, 0.3) is 0 Å². The van der Waals surface area contributed by atoms with Crippen LogP contribution in [0.4, 0.5) is 22.7 Å². The van der Waals surface area contributed by atoms with E-state index in [0.717, 1.165) is 22.7 Å². The van der Waals surface area contributed by atoms with Gasteiger partial charge in [-0.25, -0.2) is 0 Å². The van der Waals surface area contributed by atoms with Gasteiger partial charge in [-0.15, -0.1) is 0 Å². The second-order valence-electron chi connectivity index (χ2n) is 13.3. The molecule has 4 unspecified atom stereocenters. The highest BCUT2D eigenvalue weighted by molar-refractivity contribution is 5.57. The Kier molecular flexibility index (Phi) is 8.89. The summed E-state index contributed by atoms with van der Waals surface area (Å²) < 4.78 is 0. The molecule has 1 aliphatic rings. The summed E-state index contributed by atoms with van der Waals surface area (Å²) in [4.78, 5) is 0. The zero-order chi connectivity index (χ0) is 33.0. The summed E-state index contributed by atoms with van der Waals surface area (Å²) in [6.07, 6.45) is 0. The third-order valence-corrected chi connectivity index (χ3v) is 9.42. The van der Waals surface area contributed by atoms with Crippen LogP contribution in [0.2, 0.25) is 0 Å². The smallest absolute Gasteiger partial charge is 0.0757 e. The molecule has 48 heavy (non-hydrogen) atoms. The molecule has 6 aromatic carbocycles. The minimum atomic E-state index is -0.0640. The highest BCUT2D eigenvalue weighted by atomic mass is 15.0. The monoisotopic (exact) mass is 628 g/mol. The molecule has 0 radical (unpaired) electrons. The first-order valence-corrected chi connectivity index (χ1v) is 16.9. The Bertz CT molecular complexity index is 1680. The SMILES string of the molecule is Cc1ccc(NC2c3cccc(c3)C(Nc3ccc(C)cc3)C(Nc3ccc(C)cc3)c3cccc(c3)C2Nc2ccc(C)cc2)cc1. The Morgan fingerprint density at radius 3 is 0.708 bits per heavy atom. The lowest BCUT2D eigenvalue weighted by Crippen LogP contribution is -2.29. The van der Waals surface area contributed by atoms with E-state index in [1.165, 1.54) is 44.5 Å². The molecule has 4 atom stereocenters. The van der Waals surface area contributed by atoms with Crippen LogP contribution in [0.3, 0.4) is 0 Å². The Hall–Kier alpha value is -5.48. The molecule has 0 spiro atoms. The van der Waals surface area contributed by atoms with Crippen LogP contribution in [0.15, 0.2) is 146 Å². The molecule has 0 saturated carbocycles. The number of aryl methyl sites for hydroxylation is 4. The normalized spacial score (nSPS) is 18.4. The summed E-state index contributed by atoms with van der Waals surface area (Å²) in [6.45, 7) is 8.52. The number of anilines is 4. The van der Waals surface area contributed by atoms with Crippen molar-refractivity contribution in [3.63, 3.8) is 0 Å². The van der Waals surface area contributed by atoms with E-state index in [1.807, 2.05) is 0 Å². The predicted molar refractivity (Wildman–Crippen MR) is 203 cm³/mol. The molecule has 4 heteroatoms. The summed E-state index contributed by atoms with van der Waals surface area (Å²) >= 11 is 0. The van der Waals surface area contributed by atoms with Crippen LogP contribution in [0.5, 0.6) is 0 Å². The zero-order valence-electron chi connectivity index (χ0n) is 28.2. The van der Waals surface area contributed by atoms with Crippen molar-refractivity contribution < 1.29 is 0 Å². The van der Waals surface area contributed by atoms with Crippen LogP contribution in [-0.2, 0) is 0 Å². The van der Waals surface area contributed by atoms with Gasteiger partial charge in [0.25, 0.3) is 0 Å². The standard InChI is InChI=1S/C44H44N4/c1-29-11-19-37(20-12-29)45-41-33-7-5-9-35(27-33)43(47-39-23-15-31(3)16-24-39)44(48-40-25-17-32(4)18-26-40)36-10-6-8-34(28-36)42(41)46-38-21-13-30(2)14-22-38/h5-28,41-48H,1-4H3. The second-order valence-corrected chi connectivity index (χ2v) is 13.3. The van der Waals surface area contributed by atoms with E-state index in [-0.39, 0.29) is 24.2 Å². The van der Waals surface area contributed by atoms with Gasteiger partial charge >= 0.3 is 0 Å². The fraction of sp³-hybridized carbons (Fsp3) is 0.182. The molecule has 0 saturated heterocycles. The largest absolute Gasteiger partial charge is 0.376 e. The molecule has 7 rings (SSSR count). The molecule has 0 amide bonds. The fourth-order valence-electron chi connectivity index (χ4n) is 6.65. The van der Waals surface area contributed by atoms with Gasteiger partial charge in [-0.2, -0.15) is 0 Å². The van der Waals surface area contributed by atoms with Gasteiger partial charge in [0, 0.05) is 22.7 Å². The van der Waals surface area contributed by atoms with E-state index in [9.17, 15) is 0 Å². The fourth-order valence-corrected chi connectivity index (χ4v) is 6.65. The van der Waals surface area contributed by atoms with Crippen LogP contribution in [0.1, 0.15) is 68.7 Å². The molecule has 1 aliphatic carbocycles. The third kappa shape index (κ3) is 7.08. The molecule has 0 heterocycles.